The van der Waals surface area contributed by atoms with Gasteiger partial charge >= 0.3 is 0 Å². The number of aromatic nitrogens is 1. The van der Waals surface area contributed by atoms with E-state index in [-0.39, 0.29) is 17.9 Å². The van der Waals surface area contributed by atoms with E-state index in [4.69, 9.17) is 4.74 Å². The first kappa shape index (κ1) is 23.2. The Labute approximate surface area is 209 Å². The minimum atomic E-state index is -0.0901. The van der Waals surface area contributed by atoms with Crippen molar-refractivity contribution >= 4 is 33.4 Å². The third kappa shape index (κ3) is 4.56. The molecule has 0 aliphatic carbocycles. The van der Waals surface area contributed by atoms with Crippen LogP contribution in [0.3, 0.4) is 0 Å². The van der Waals surface area contributed by atoms with E-state index in [0.29, 0.717) is 43.2 Å². The largest absolute Gasteiger partial charge is 0.497 e. The van der Waals surface area contributed by atoms with Crippen molar-refractivity contribution in [3.63, 3.8) is 0 Å². The molecule has 0 saturated carbocycles. The highest BCUT2D eigenvalue weighted by atomic mass is 32.1. The van der Waals surface area contributed by atoms with Gasteiger partial charge in [-0.1, -0.05) is 35.9 Å². The van der Waals surface area contributed by atoms with Crippen LogP contribution in [0, 0.1) is 6.92 Å². The Hall–Kier alpha value is -3.58. The number of ether oxygens (including phenoxy) is 1. The summed E-state index contributed by atoms with van der Waals surface area (Å²) < 4.78 is 7.40. The predicted octanol–water partition coefficient (Wildman–Crippen LogP) is 5.05. The molecule has 7 heteroatoms. The van der Waals surface area contributed by atoms with Gasteiger partial charge < -0.3 is 19.1 Å². The molecule has 4 aromatic rings. The van der Waals surface area contributed by atoms with Gasteiger partial charge in [0.2, 0.25) is 0 Å². The number of nitrogens with zero attached hydrogens (tertiary/aromatic N) is 3. The van der Waals surface area contributed by atoms with E-state index in [0.717, 1.165) is 10.2 Å². The van der Waals surface area contributed by atoms with E-state index < -0.39 is 0 Å². The van der Waals surface area contributed by atoms with Gasteiger partial charge in [-0.25, -0.2) is 0 Å². The Balaban J connectivity index is 1.36. The number of carbonyl (C=O) groups is 2. The lowest BCUT2D eigenvalue weighted by Crippen LogP contribution is -2.55. The highest BCUT2D eigenvalue weighted by molar-refractivity contribution is 7.16. The van der Waals surface area contributed by atoms with Gasteiger partial charge in [0.05, 0.1) is 7.11 Å². The SMILES string of the molecule is COc1cccc(C(=O)N2CCN(C(=O)c3cc4ccsc4n3Cc3cccc(C)c3)C[C@H]2C)c1. The molecule has 1 saturated heterocycles. The molecule has 0 unspecified atom stereocenters. The van der Waals surface area contributed by atoms with Gasteiger partial charge in [-0.05, 0) is 55.1 Å². The van der Waals surface area contributed by atoms with Crippen LogP contribution in [0.5, 0.6) is 5.75 Å². The van der Waals surface area contributed by atoms with Crippen molar-refractivity contribution in [1.29, 1.82) is 0 Å². The minimum absolute atomic E-state index is 0.0152. The van der Waals surface area contributed by atoms with E-state index >= 15 is 0 Å². The zero-order valence-corrected chi connectivity index (χ0v) is 21.0. The summed E-state index contributed by atoms with van der Waals surface area (Å²) in [6.45, 7) is 6.23. The normalized spacial score (nSPS) is 16.0. The molecule has 2 amide bonds. The molecule has 0 spiro atoms. The van der Waals surface area contributed by atoms with Crippen LogP contribution in [0.15, 0.2) is 66.0 Å². The number of aryl methyl sites for hydroxylation is 1. The predicted molar refractivity (Wildman–Crippen MR) is 139 cm³/mol. The van der Waals surface area contributed by atoms with Crippen LogP contribution in [0.2, 0.25) is 0 Å². The Morgan fingerprint density at radius 3 is 2.63 bits per heavy atom. The number of thiophene rings is 1. The molecule has 0 N–H and O–H groups in total. The summed E-state index contributed by atoms with van der Waals surface area (Å²) in [5.41, 5.74) is 3.68. The second-order valence-electron chi connectivity index (χ2n) is 9.12. The number of carbonyl (C=O) groups excluding carboxylic acids is 2. The van der Waals surface area contributed by atoms with E-state index in [1.165, 1.54) is 11.1 Å². The van der Waals surface area contributed by atoms with Crippen LogP contribution < -0.4 is 4.74 Å². The Kier molecular flexibility index (Phi) is 6.34. The van der Waals surface area contributed by atoms with Crippen LogP contribution in [0.4, 0.5) is 0 Å². The molecule has 1 aliphatic rings. The van der Waals surface area contributed by atoms with Crippen molar-refractivity contribution in [3.8, 4) is 5.75 Å². The van der Waals surface area contributed by atoms with Crippen LogP contribution in [0.25, 0.3) is 10.2 Å². The molecule has 5 rings (SSSR count). The van der Waals surface area contributed by atoms with Crippen LogP contribution in [-0.4, -0.2) is 59.0 Å². The number of hydrogen-bond donors (Lipinski definition) is 0. The highest BCUT2D eigenvalue weighted by Crippen LogP contribution is 2.28. The van der Waals surface area contributed by atoms with Gasteiger partial charge in [0, 0.05) is 43.2 Å². The van der Waals surface area contributed by atoms with Crippen molar-refractivity contribution in [2.45, 2.75) is 26.4 Å². The molecule has 180 valence electrons. The number of rotatable bonds is 5. The van der Waals surface area contributed by atoms with Crippen molar-refractivity contribution in [2.75, 3.05) is 26.7 Å². The molecular weight excluding hydrogens is 458 g/mol. The van der Waals surface area contributed by atoms with E-state index in [1.807, 2.05) is 34.9 Å². The van der Waals surface area contributed by atoms with Gasteiger partial charge in [0.15, 0.2) is 0 Å². The van der Waals surface area contributed by atoms with Gasteiger partial charge in [0.25, 0.3) is 11.8 Å². The van der Waals surface area contributed by atoms with Gasteiger partial charge in [-0.3, -0.25) is 9.59 Å². The standard InChI is InChI=1S/C28H29N3O3S/c1-19-6-4-7-21(14-19)18-31-25(16-23-10-13-35-28(23)31)27(33)29-11-12-30(20(2)17-29)26(32)22-8-5-9-24(15-22)34-3/h4-10,13-16,20H,11-12,17-18H2,1-3H3/t20-/m1/s1. The maximum atomic E-state index is 13.7. The fourth-order valence-corrected chi connectivity index (χ4v) is 5.73. The average Bonchev–Trinajstić information content (AvgIpc) is 3.46. The zero-order valence-electron chi connectivity index (χ0n) is 20.2. The summed E-state index contributed by atoms with van der Waals surface area (Å²) in [5, 5.41) is 3.15. The third-order valence-electron chi connectivity index (χ3n) is 6.64. The number of piperazine rings is 1. The van der Waals surface area contributed by atoms with Crippen molar-refractivity contribution < 1.29 is 14.3 Å². The molecule has 35 heavy (non-hydrogen) atoms. The molecule has 2 aromatic heterocycles. The maximum absolute atomic E-state index is 13.7. The van der Waals surface area contributed by atoms with Crippen LogP contribution >= 0.6 is 11.3 Å². The summed E-state index contributed by atoms with van der Waals surface area (Å²) >= 11 is 1.66. The van der Waals surface area contributed by atoms with Crippen LogP contribution in [-0.2, 0) is 6.54 Å². The number of benzene rings is 2. The molecule has 1 atom stereocenters. The quantitative estimate of drug-likeness (QED) is 0.396. The first-order valence-electron chi connectivity index (χ1n) is 11.8. The molecule has 2 aromatic carbocycles. The number of hydrogen-bond acceptors (Lipinski definition) is 4. The molecular formula is C28H29N3O3S. The van der Waals surface area contributed by atoms with Gasteiger partial charge in [-0.2, -0.15) is 0 Å². The Bertz CT molecular complexity index is 1390. The maximum Gasteiger partial charge on any atom is 0.270 e. The molecule has 0 radical (unpaired) electrons. The lowest BCUT2D eigenvalue weighted by molar-refractivity contribution is 0.0409. The molecule has 6 nitrogen and oxygen atoms in total. The number of amides is 2. The topological polar surface area (TPSA) is 54.8 Å². The summed E-state index contributed by atoms with van der Waals surface area (Å²) in [5.74, 6) is 0.639. The monoisotopic (exact) mass is 487 g/mol. The van der Waals surface area contributed by atoms with E-state index in [1.54, 1.807) is 30.6 Å². The number of methoxy groups -OCH3 is 1. The average molecular weight is 488 g/mol. The lowest BCUT2D eigenvalue weighted by atomic mass is 10.1. The highest BCUT2D eigenvalue weighted by Gasteiger charge is 2.32. The second kappa shape index (κ2) is 9.58. The molecule has 1 fully saturated rings. The fraction of sp³-hybridized carbons (Fsp3) is 0.286. The molecule has 0 bridgehead atoms. The molecule has 1 aliphatic heterocycles. The smallest absolute Gasteiger partial charge is 0.270 e. The number of fused-ring (bicyclic) bond motifs is 1. The van der Waals surface area contributed by atoms with Crippen molar-refractivity contribution in [1.82, 2.24) is 14.4 Å². The summed E-state index contributed by atoms with van der Waals surface area (Å²) in [6.07, 6.45) is 0. The van der Waals surface area contributed by atoms with Crippen molar-refractivity contribution in [2.24, 2.45) is 0 Å². The summed E-state index contributed by atoms with van der Waals surface area (Å²) in [7, 11) is 1.59. The summed E-state index contributed by atoms with van der Waals surface area (Å²) in [4.78, 5) is 31.7. The van der Waals surface area contributed by atoms with E-state index in [9.17, 15) is 9.59 Å². The van der Waals surface area contributed by atoms with E-state index in [2.05, 4.69) is 47.2 Å². The molecule has 3 heterocycles. The Morgan fingerprint density at radius 2 is 1.86 bits per heavy atom. The van der Waals surface area contributed by atoms with Gasteiger partial charge in [0.1, 0.15) is 16.3 Å². The zero-order chi connectivity index (χ0) is 24.5. The van der Waals surface area contributed by atoms with Crippen molar-refractivity contribution in [3.05, 3.63) is 88.4 Å². The lowest BCUT2D eigenvalue weighted by Gasteiger charge is -2.40. The first-order chi connectivity index (χ1) is 16.9. The Morgan fingerprint density at radius 1 is 1.03 bits per heavy atom. The van der Waals surface area contributed by atoms with Crippen LogP contribution in [0.1, 0.15) is 38.9 Å². The third-order valence-corrected chi connectivity index (χ3v) is 7.59. The second-order valence-corrected chi connectivity index (χ2v) is 10.0. The fourth-order valence-electron chi connectivity index (χ4n) is 4.83. The first-order valence-corrected chi connectivity index (χ1v) is 12.7. The summed E-state index contributed by atoms with van der Waals surface area (Å²) in [6, 6.07) is 19.6. The van der Waals surface area contributed by atoms with Gasteiger partial charge in [-0.15, -0.1) is 11.3 Å². The minimum Gasteiger partial charge on any atom is -0.497 e.